The van der Waals surface area contributed by atoms with Crippen LogP contribution < -0.4 is 9.47 Å². The minimum Gasteiger partial charge on any atom is -0.490 e. The van der Waals surface area contributed by atoms with Gasteiger partial charge in [0, 0.05) is 10.0 Å². The van der Waals surface area contributed by atoms with Crippen LogP contribution in [0, 0.1) is 0 Å². The number of cyclic esters (lactones) is 1. The number of rotatable bonds is 6. The SMILES string of the molecule is CCOc1ccc(/C=C2\N=C(c3ccc(Br)cc3)OC2=O)cc1OCC. The summed E-state index contributed by atoms with van der Waals surface area (Å²) in [6.07, 6.45) is 1.67. The zero-order valence-corrected chi connectivity index (χ0v) is 16.1. The van der Waals surface area contributed by atoms with E-state index < -0.39 is 5.97 Å². The first kappa shape index (κ1) is 18.2. The Kier molecular flexibility index (Phi) is 5.73. The van der Waals surface area contributed by atoms with Gasteiger partial charge in [-0.05, 0) is 61.9 Å². The highest BCUT2D eigenvalue weighted by molar-refractivity contribution is 9.10. The molecule has 0 N–H and O–H groups in total. The van der Waals surface area contributed by atoms with Gasteiger partial charge in [-0.2, -0.15) is 0 Å². The van der Waals surface area contributed by atoms with Crippen LogP contribution in [0.1, 0.15) is 25.0 Å². The number of carbonyl (C=O) groups is 1. The fourth-order valence-electron chi connectivity index (χ4n) is 2.44. The van der Waals surface area contributed by atoms with Crippen LogP contribution in [-0.4, -0.2) is 25.1 Å². The molecule has 0 aliphatic carbocycles. The molecule has 0 spiro atoms. The first-order valence-electron chi connectivity index (χ1n) is 8.29. The van der Waals surface area contributed by atoms with Crippen LogP contribution >= 0.6 is 15.9 Å². The van der Waals surface area contributed by atoms with Crippen LogP contribution in [0.5, 0.6) is 11.5 Å². The lowest BCUT2D eigenvalue weighted by atomic mass is 10.1. The summed E-state index contributed by atoms with van der Waals surface area (Å²) < 4.78 is 17.4. The number of nitrogens with zero attached hydrogens (tertiary/aromatic N) is 1. The molecular weight excluding hydrogens is 398 g/mol. The lowest BCUT2D eigenvalue weighted by Crippen LogP contribution is -2.05. The monoisotopic (exact) mass is 415 g/mol. The summed E-state index contributed by atoms with van der Waals surface area (Å²) in [5.74, 6) is 1.12. The van der Waals surface area contributed by atoms with E-state index in [1.807, 2.05) is 56.3 Å². The van der Waals surface area contributed by atoms with Crippen LogP contribution in [0.2, 0.25) is 0 Å². The van der Waals surface area contributed by atoms with Gasteiger partial charge in [0.1, 0.15) is 0 Å². The van der Waals surface area contributed by atoms with E-state index in [1.54, 1.807) is 6.08 Å². The molecule has 26 heavy (non-hydrogen) atoms. The molecule has 0 atom stereocenters. The molecule has 6 heteroatoms. The number of hydrogen-bond donors (Lipinski definition) is 0. The predicted octanol–water partition coefficient (Wildman–Crippen LogP) is 4.59. The van der Waals surface area contributed by atoms with Crippen molar-refractivity contribution in [1.82, 2.24) is 0 Å². The van der Waals surface area contributed by atoms with Crippen molar-refractivity contribution < 1.29 is 19.0 Å². The third-order valence-corrected chi connectivity index (χ3v) is 4.11. The number of benzene rings is 2. The molecule has 0 saturated carbocycles. The highest BCUT2D eigenvalue weighted by Crippen LogP contribution is 2.30. The number of hydrogen-bond acceptors (Lipinski definition) is 5. The molecule has 5 nitrogen and oxygen atoms in total. The Hall–Kier alpha value is -2.60. The largest absolute Gasteiger partial charge is 0.490 e. The van der Waals surface area contributed by atoms with E-state index in [1.165, 1.54) is 0 Å². The molecule has 0 bridgehead atoms. The van der Waals surface area contributed by atoms with Gasteiger partial charge < -0.3 is 14.2 Å². The minimum absolute atomic E-state index is 0.245. The molecule has 1 heterocycles. The zero-order valence-electron chi connectivity index (χ0n) is 14.5. The molecular formula is C20H18BrNO4. The molecule has 1 aliphatic rings. The van der Waals surface area contributed by atoms with E-state index >= 15 is 0 Å². The smallest absolute Gasteiger partial charge is 0.363 e. The number of aliphatic imine (C=N–C) groups is 1. The summed E-state index contributed by atoms with van der Waals surface area (Å²) in [4.78, 5) is 16.5. The quantitative estimate of drug-likeness (QED) is 0.511. The number of halogens is 1. The Balaban J connectivity index is 1.90. The maximum Gasteiger partial charge on any atom is 0.363 e. The third-order valence-electron chi connectivity index (χ3n) is 3.58. The van der Waals surface area contributed by atoms with Gasteiger partial charge in [0.15, 0.2) is 17.2 Å². The van der Waals surface area contributed by atoms with Gasteiger partial charge in [-0.3, -0.25) is 0 Å². The highest BCUT2D eigenvalue weighted by atomic mass is 79.9. The minimum atomic E-state index is -0.477. The Morgan fingerprint density at radius 1 is 1.04 bits per heavy atom. The summed E-state index contributed by atoms with van der Waals surface area (Å²) in [5.41, 5.74) is 1.77. The number of esters is 1. The van der Waals surface area contributed by atoms with E-state index in [0.29, 0.717) is 30.6 Å². The summed E-state index contributed by atoms with van der Waals surface area (Å²) in [6.45, 7) is 4.89. The molecule has 0 radical (unpaired) electrons. The third kappa shape index (κ3) is 4.14. The normalized spacial score (nSPS) is 15.0. The molecule has 0 saturated heterocycles. The second kappa shape index (κ2) is 8.19. The molecule has 2 aromatic carbocycles. The van der Waals surface area contributed by atoms with E-state index in [9.17, 15) is 4.79 Å². The first-order chi connectivity index (χ1) is 12.6. The van der Waals surface area contributed by atoms with Crippen molar-refractivity contribution in [2.24, 2.45) is 4.99 Å². The van der Waals surface area contributed by atoms with Crippen LogP contribution in [0.25, 0.3) is 6.08 Å². The van der Waals surface area contributed by atoms with E-state index in [2.05, 4.69) is 20.9 Å². The Morgan fingerprint density at radius 2 is 1.73 bits per heavy atom. The van der Waals surface area contributed by atoms with Crippen LogP contribution in [0.3, 0.4) is 0 Å². The summed E-state index contributed by atoms with van der Waals surface area (Å²) in [6, 6.07) is 12.9. The van der Waals surface area contributed by atoms with E-state index in [-0.39, 0.29) is 5.70 Å². The highest BCUT2D eigenvalue weighted by Gasteiger charge is 2.24. The van der Waals surface area contributed by atoms with Gasteiger partial charge >= 0.3 is 5.97 Å². The lowest BCUT2D eigenvalue weighted by molar-refractivity contribution is -0.129. The fourth-order valence-corrected chi connectivity index (χ4v) is 2.70. The molecule has 0 amide bonds. The summed E-state index contributed by atoms with van der Waals surface area (Å²) in [7, 11) is 0. The van der Waals surface area contributed by atoms with E-state index in [0.717, 1.165) is 15.6 Å². The van der Waals surface area contributed by atoms with Gasteiger partial charge in [0.25, 0.3) is 0 Å². The van der Waals surface area contributed by atoms with Crippen LogP contribution in [-0.2, 0) is 9.53 Å². The molecule has 3 rings (SSSR count). The average molecular weight is 416 g/mol. The standard InChI is InChI=1S/C20H18BrNO4/c1-3-24-17-10-5-13(12-18(17)25-4-2)11-16-20(23)26-19(22-16)14-6-8-15(21)9-7-14/h5-12H,3-4H2,1-2H3/b16-11-. The summed E-state index contributed by atoms with van der Waals surface area (Å²) >= 11 is 3.38. The molecule has 1 aliphatic heterocycles. The molecule has 134 valence electrons. The van der Waals surface area contributed by atoms with Gasteiger partial charge in [0.2, 0.25) is 5.90 Å². The Morgan fingerprint density at radius 3 is 2.42 bits per heavy atom. The average Bonchev–Trinajstić information content (AvgIpc) is 2.99. The number of ether oxygens (including phenoxy) is 3. The number of carbonyl (C=O) groups excluding carboxylic acids is 1. The van der Waals surface area contributed by atoms with Gasteiger partial charge in [-0.15, -0.1) is 0 Å². The molecule has 0 aromatic heterocycles. The zero-order chi connectivity index (χ0) is 18.5. The lowest BCUT2D eigenvalue weighted by Gasteiger charge is -2.11. The topological polar surface area (TPSA) is 57.1 Å². The fraction of sp³-hybridized carbons (Fsp3) is 0.200. The predicted molar refractivity (Wildman–Crippen MR) is 104 cm³/mol. The van der Waals surface area contributed by atoms with Crippen molar-refractivity contribution in [3.63, 3.8) is 0 Å². The van der Waals surface area contributed by atoms with Crippen LogP contribution in [0.15, 0.2) is 57.6 Å². The van der Waals surface area contributed by atoms with Crippen molar-refractivity contribution >= 4 is 33.9 Å². The van der Waals surface area contributed by atoms with Gasteiger partial charge in [-0.25, -0.2) is 9.79 Å². The Labute approximate surface area is 160 Å². The molecule has 2 aromatic rings. The molecule has 0 fully saturated rings. The van der Waals surface area contributed by atoms with Gasteiger partial charge in [0.05, 0.1) is 13.2 Å². The van der Waals surface area contributed by atoms with Crippen molar-refractivity contribution in [2.75, 3.05) is 13.2 Å². The molecule has 0 unspecified atom stereocenters. The van der Waals surface area contributed by atoms with Gasteiger partial charge in [-0.1, -0.05) is 22.0 Å². The first-order valence-corrected chi connectivity index (χ1v) is 9.08. The van der Waals surface area contributed by atoms with Crippen molar-refractivity contribution in [2.45, 2.75) is 13.8 Å². The van der Waals surface area contributed by atoms with E-state index in [4.69, 9.17) is 14.2 Å². The second-order valence-electron chi connectivity index (χ2n) is 5.42. The Bertz CT molecular complexity index is 872. The summed E-state index contributed by atoms with van der Waals surface area (Å²) in [5, 5.41) is 0. The van der Waals surface area contributed by atoms with Crippen LogP contribution in [0.4, 0.5) is 0 Å². The second-order valence-corrected chi connectivity index (χ2v) is 6.33. The van der Waals surface area contributed by atoms with Crippen molar-refractivity contribution in [1.29, 1.82) is 0 Å². The maximum atomic E-state index is 12.1. The van der Waals surface area contributed by atoms with Crippen molar-refractivity contribution in [3.05, 3.63) is 63.8 Å². The van der Waals surface area contributed by atoms with Crippen molar-refractivity contribution in [3.8, 4) is 11.5 Å². The maximum absolute atomic E-state index is 12.1.